The van der Waals surface area contributed by atoms with E-state index in [-0.39, 0.29) is 28.5 Å². The number of carboxylic acids is 1. The predicted molar refractivity (Wildman–Crippen MR) is 89.7 cm³/mol. The van der Waals surface area contributed by atoms with Crippen molar-refractivity contribution < 1.29 is 41.0 Å². The highest BCUT2D eigenvalue weighted by atomic mass is 35.5. The summed E-state index contributed by atoms with van der Waals surface area (Å²) in [5.74, 6) is -2.35. The van der Waals surface area contributed by atoms with Crippen LogP contribution in [0.1, 0.15) is 19.8 Å². The number of ether oxygens (including phenoxy) is 2. The predicted octanol–water partition coefficient (Wildman–Crippen LogP) is 3.32. The summed E-state index contributed by atoms with van der Waals surface area (Å²) in [6.45, 7) is 0.814. The van der Waals surface area contributed by atoms with Gasteiger partial charge in [-0.25, -0.2) is 8.42 Å². The van der Waals surface area contributed by atoms with E-state index >= 15 is 0 Å². The third-order valence-electron chi connectivity index (χ3n) is 4.50. The molecule has 2 rings (SSSR count). The average molecular weight is 431 g/mol. The van der Waals surface area contributed by atoms with Crippen LogP contribution in [0.25, 0.3) is 0 Å². The lowest BCUT2D eigenvalue weighted by atomic mass is 10.1. The third kappa shape index (κ3) is 4.67. The van der Waals surface area contributed by atoms with E-state index in [9.17, 15) is 31.5 Å². The van der Waals surface area contributed by atoms with Gasteiger partial charge in [0, 0.05) is 13.2 Å². The Morgan fingerprint density at radius 2 is 1.96 bits per heavy atom. The van der Waals surface area contributed by atoms with E-state index in [1.54, 1.807) is 0 Å². The fourth-order valence-electron chi connectivity index (χ4n) is 2.96. The van der Waals surface area contributed by atoms with Crippen LogP contribution in [0.2, 0.25) is 5.02 Å². The van der Waals surface area contributed by atoms with Crippen LogP contribution in [-0.4, -0.2) is 50.2 Å². The number of methoxy groups -OCH3 is 1. The van der Waals surface area contributed by atoms with E-state index in [1.165, 1.54) is 7.11 Å². The van der Waals surface area contributed by atoms with Crippen molar-refractivity contribution in [1.82, 2.24) is 0 Å². The van der Waals surface area contributed by atoms with E-state index in [1.807, 2.05) is 0 Å². The van der Waals surface area contributed by atoms with Gasteiger partial charge in [0.2, 0.25) is 0 Å². The molecule has 1 unspecified atom stereocenters. The second-order valence-electron chi connectivity index (χ2n) is 6.25. The number of rotatable bonds is 6. The second kappa shape index (κ2) is 7.84. The number of aliphatic carboxylic acids is 1. The Morgan fingerprint density at radius 1 is 1.33 bits per heavy atom. The number of halogens is 4. The third-order valence-corrected chi connectivity index (χ3v) is 7.16. The van der Waals surface area contributed by atoms with Crippen LogP contribution in [0, 0.1) is 5.92 Å². The molecule has 27 heavy (non-hydrogen) atoms. The second-order valence-corrected chi connectivity index (χ2v) is 8.85. The summed E-state index contributed by atoms with van der Waals surface area (Å²) in [6.07, 6.45) is -7.59. The van der Waals surface area contributed by atoms with Crippen molar-refractivity contribution in [3.63, 3.8) is 0 Å². The number of carbonyl (C=O) groups is 1. The van der Waals surface area contributed by atoms with Crippen LogP contribution in [0.3, 0.4) is 0 Å². The molecular weight excluding hydrogens is 413 g/mol. The summed E-state index contributed by atoms with van der Waals surface area (Å²) in [4.78, 5) is 11.0. The standard InChI is InChI=1S/C16H18ClF3O6S/c1-8(16(18,19)20)26-9-3-4-14(12(17)5-9)27(23,24)10-6-11(15(21)22)13(7-10)25-2/h3-5,8,10-11,13H,6-7H2,1-2H3,(H,21,22)/t8?,10-,11-,13-/m0/s1. The Hall–Kier alpha value is -1.52. The lowest BCUT2D eigenvalue weighted by Gasteiger charge is -2.19. The lowest BCUT2D eigenvalue weighted by Crippen LogP contribution is -2.31. The van der Waals surface area contributed by atoms with E-state index in [0.717, 1.165) is 25.1 Å². The molecule has 1 aliphatic rings. The monoisotopic (exact) mass is 430 g/mol. The van der Waals surface area contributed by atoms with Gasteiger partial charge in [0.15, 0.2) is 15.9 Å². The van der Waals surface area contributed by atoms with Gasteiger partial charge in [-0.05, 0) is 31.9 Å². The Kier molecular flexibility index (Phi) is 6.33. The molecule has 0 heterocycles. The normalized spacial score (nSPS) is 24.6. The van der Waals surface area contributed by atoms with Crippen LogP contribution in [0.5, 0.6) is 5.75 Å². The molecule has 6 nitrogen and oxygen atoms in total. The first kappa shape index (κ1) is 21.8. The maximum Gasteiger partial charge on any atom is 0.425 e. The molecular formula is C16H18ClF3O6S. The average Bonchev–Trinajstić information content (AvgIpc) is 2.99. The van der Waals surface area contributed by atoms with E-state index in [0.29, 0.717) is 0 Å². The molecule has 11 heteroatoms. The molecule has 0 bridgehead atoms. The number of carboxylic acid groups (broad SMARTS) is 1. The number of benzene rings is 1. The number of hydrogen-bond donors (Lipinski definition) is 1. The molecule has 1 fully saturated rings. The minimum atomic E-state index is -4.58. The zero-order chi connectivity index (χ0) is 20.6. The fraction of sp³-hybridized carbons (Fsp3) is 0.562. The summed E-state index contributed by atoms with van der Waals surface area (Å²) in [5.41, 5.74) is 0. The Labute approximate surface area is 159 Å². The van der Waals surface area contributed by atoms with Crippen molar-refractivity contribution >= 4 is 27.4 Å². The molecule has 0 saturated heterocycles. The van der Waals surface area contributed by atoms with Crippen LogP contribution in [0.4, 0.5) is 13.2 Å². The van der Waals surface area contributed by atoms with E-state index < -0.39 is 45.4 Å². The zero-order valence-electron chi connectivity index (χ0n) is 14.4. The van der Waals surface area contributed by atoms with Crippen molar-refractivity contribution in [2.75, 3.05) is 7.11 Å². The molecule has 1 saturated carbocycles. The van der Waals surface area contributed by atoms with Crippen LogP contribution in [-0.2, 0) is 19.4 Å². The van der Waals surface area contributed by atoms with Gasteiger partial charge in [-0.3, -0.25) is 4.79 Å². The molecule has 152 valence electrons. The highest BCUT2D eigenvalue weighted by molar-refractivity contribution is 7.92. The fourth-order valence-corrected chi connectivity index (χ4v) is 5.31. The topological polar surface area (TPSA) is 89.9 Å². The summed E-state index contributed by atoms with van der Waals surface area (Å²) < 4.78 is 73.1. The van der Waals surface area contributed by atoms with E-state index in [2.05, 4.69) is 0 Å². The zero-order valence-corrected chi connectivity index (χ0v) is 15.9. The maximum atomic E-state index is 12.8. The first-order valence-electron chi connectivity index (χ1n) is 7.90. The molecule has 1 aliphatic carbocycles. The summed E-state index contributed by atoms with van der Waals surface area (Å²) in [6, 6.07) is 3.14. The van der Waals surface area contributed by atoms with Crippen molar-refractivity contribution in [3.05, 3.63) is 23.2 Å². The maximum absolute atomic E-state index is 12.8. The lowest BCUT2D eigenvalue weighted by molar-refractivity contribution is -0.189. The Balaban J connectivity index is 2.26. The molecule has 1 aromatic carbocycles. The van der Waals surface area contributed by atoms with Gasteiger partial charge in [-0.2, -0.15) is 13.2 Å². The van der Waals surface area contributed by atoms with Gasteiger partial charge in [0.05, 0.1) is 27.2 Å². The van der Waals surface area contributed by atoms with E-state index in [4.69, 9.17) is 21.1 Å². The highest BCUT2D eigenvalue weighted by Gasteiger charge is 2.45. The first-order chi connectivity index (χ1) is 12.4. The minimum Gasteiger partial charge on any atom is -0.481 e. The molecule has 4 atom stereocenters. The minimum absolute atomic E-state index is 0.0184. The largest absolute Gasteiger partial charge is 0.481 e. The number of sulfone groups is 1. The molecule has 0 spiro atoms. The summed E-state index contributed by atoms with van der Waals surface area (Å²) in [7, 11) is -2.70. The summed E-state index contributed by atoms with van der Waals surface area (Å²) in [5, 5.41) is 7.88. The SMILES string of the molecule is CO[C@H]1C[C@@H](S(=O)(=O)c2ccc(OC(C)C(F)(F)F)cc2Cl)C[C@@H]1C(=O)O. The van der Waals surface area contributed by atoms with Crippen LogP contribution in [0.15, 0.2) is 23.1 Å². The molecule has 0 aromatic heterocycles. The molecule has 0 aliphatic heterocycles. The highest BCUT2D eigenvalue weighted by Crippen LogP contribution is 2.38. The van der Waals surface area contributed by atoms with Gasteiger partial charge in [-0.15, -0.1) is 0 Å². The van der Waals surface area contributed by atoms with Crippen molar-refractivity contribution in [3.8, 4) is 5.75 Å². The van der Waals surface area contributed by atoms with Gasteiger partial charge >= 0.3 is 12.1 Å². The van der Waals surface area contributed by atoms with Crippen molar-refractivity contribution in [2.45, 2.75) is 48.3 Å². The first-order valence-corrected chi connectivity index (χ1v) is 9.82. The summed E-state index contributed by atoms with van der Waals surface area (Å²) >= 11 is 5.97. The van der Waals surface area contributed by atoms with Crippen molar-refractivity contribution in [1.29, 1.82) is 0 Å². The van der Waals surface area contributed by atoms with Crippen LogP contribution < -0.4 is 4.74 Å². The van der Waals surface area contributed by atoms with Gasteiger partial charge in [-0.1, -0.05) is 11.6 Å². The Bertz CT molecular complexity index is 811. The van der Waals surface area contributed by atoms with Crippen LogP contribution >= 0.6 is 11.6 Å². The number of alkyl halides is 3. The molecule has 1 N–H and O–H groups in total. The van der Waals surface area contributed by atoms with Gasteiger partial charge < -0.3 is 14.6 Å². The molecule has 1 aromatic rings. The van der Waals surface area contributed by atoms with Gasteiger partial charge in [0.25, 0.3) is 0 Å². The quantitative estimate of drug-likeness (QED) is 0.744. The smallest absolute Gasteiger partial charge is 0.425 e. The molecule has 0 amide bonds. The van der Waals surface area contributed by atoms with Crippen molar-refractivity contribution in [2.24, 2.45) is 5.92 Å². The van der Waals surface area contributed by atoms with Gasteiger partial charge in [0.1, 0.15) is 5.75 Å². The Morgan fingerprint density at radius 3 is 2.41 bits per heavy atom. The molecule has 0 radical (unpaired) electrons. The number of hydrogen-bond acceptors (Lipinski definition) is 5.